The van der Waals surface area contributed by atoms with Crippen LogP contribution in [0.25, 0.3) is 6.08 Å². The largest absolute Gasteiger partial charge is 0.458 e. The summed E-state index contributed by atoms with van der Waals surface area (Å²) in [6.45, 7) is 8.36. The van der Waals surface area contributed by atoms with E-state index < -0.39 is 35.6 Å². The highest BCUT2D eigenvalue weighted by atomic mass is 32.1. The van der Waals surface area contributed by atoms with Gasteiger partial charge in [0.2, 0.25) is 0 Å². The fraction of sp³-hybridized carbons (Fsp3) is 0.731. The van der Waals surface area contributed by atoms with Crippen molar-refractivity contribution in [1.82, 2.24) is 4.98 Å². The van der Waals surface area contributed by atoms with E-state index in [1.54, 1.807) is 26.8 Å². The molecule has 0 bridgehead atoms. The van der Waals surface area contributed by atoms with Crippen LogP contribution in [0.2, 0.25) is 0 Å². The molecule has 2 aliphatic rings. The summed E-state index contributed by atoms with van der Waals surface area (Å²) in [5.41, 5.74) is -0.0556. The average molecular weight is 510 g/mol. The molecule has 0 aromatic carbocycles. The number of rotatable bonds is 3. The van der Waals surface area contributed by atoms with Crippen molar-refractivity contribution in [1.29, 1.82) is 0 Å². The Kier molecular flexibility index (Phi) is 9.26. The average Bonchev–Trinajstić information content (AvgIpc) is 3.41. The summed E-state index contributed by atoms with van der Waals surface area (Å²) < 4.78 is 11.6. The minimum atomic E-state index is -1.28. The van der Waals surface area contributed by atoms with Crippen LogP contribution in [0.4, 0.5) is 0 Å². The predicted octanol–water partition coefficient (Wildman–Crippen LogP) is 3.06. The number of aromatic nitrogens is 1. The quantitative estimate of drug-likeness (QED) is 0.419. The van der Waals surface area contributed by atoms with Crippen molar-refractivity contribution in [3.63, 3.8) is 0 Å². The van der Waals surface area contributed by atoms with Gasteiger partial charge >= 0.3 is 5.97 Å². The molecule has 0 amide bonds. The maximum atomic E-state index is 13.2. The van der Waals surface area contributed by atoms with Gasteiger partial charge in [-0.2, -0.15) is 0 Å². The Labute approximate surface area is 211 Å². The molecule has 0 spiro atoms. The van der Waals surface area contributed by atoms with Crippen LogP contribution >= 0.6 is 11.3 Å². The van der Waals surface area contributed by atoms with Gasteiger partial charge < -0.3 is 24.8 Å². The van der Waals surface area contributed by atoms with Crippen molar-refractivity contribution < 1.29 is 34.4 Å². The van der Waals surface area contributed by atoms with Crippen LogP contribution in [0.15, 0.2) is 11.0 Å². The number of ketones is 1. The summed E-state index contributed by atoms with van der Waals surface area (Å²) in [5, 5.41) is 34.4. The lowest BCUT2D eigenvalue weighted by Crippen LogP contribution is -2.45. The van der Waals surface area contributed by atoms with Gasteiger partial charge in [-0.25, -0.2) is 4.98 Å². The van der Waals surface area contributed by atoms with Gasteiger partial charge in [-0.15, -0.1) is 11.3 Å². The Balaban J connectivity index is 1.85. The van der Waals surface area contributed by atoms with Gasteiger partial charge in [-0.3, -0.25) is 9.59 Å². The summed E-state index contributed by atoms with van der Waals surface area (Å²) in [7, 11) is 0. The monoisotopic (exact) mass is 509 g/mol. The highest BCUT2D eigenvalue weighted by Crippen LogP contribution is 2.36. The minimum absolute atomic E-state index is 0.0264. The molecule has 3 rings (SSSR count). The highest BCUT2D eigenvalue weighted by molar-refractivity contribution is 7.09. The number of cyclic esters (lactones) is 1. The van der Waals surface area contributed by atoms with Crippen molar-refractivity contribution in [3.8, 4) is 0 Å². The molecule has 35 heavy (non-hydrogen) atoms. The third kappa shape index (κ3) is 6.98. The number of hydrogen-bond acceptors (Lipinski definition) is 9. The topological polar surface area (TPSA) is 129 Å². The van der Waals surface area contributed by atoms with Gasteiger partial charge in [-0.05, 0) is 37.3 Å². The van der Waals surface area contributed by atoms with Crippen molar-refractivity contribution in [2.45, 2.75) is 97.2 Å². The van der Waals surface area contributed by atoms with Crippen molar-refractivity contribution >= 4 is 29.2 Å². The smallest absolute Gasteiger partial charge is 0.309 e. The number of hydrogen-bond donors (Lipinski definition) is 3. The second kappa shape index (κ2) is 11.6. The number of esters is 1. The molecule has 2 saturated heterocycles. The van der Waals surface area contributed by atoms with Crippen LogP contribution in [-0.2, 0) is 19.1 Å². The molecule has 0 aliphatic carbocycles. The van der Waals surface area contributed by atoms with Crippen LogP contribution in [0.1, 0.15) is 70.5 Å². The lowest BCUT2D eigenvalue weighted by atomic mass is 9.73. The zero-order valence-electron chi connectivity index (χ0n) is 21.3. The van der Waals surface area contributed by atoms with E-state index in [2.05, 4.69) is 4.98 Å². The van der Waals surface area contributed by atoms with E-state index in [1.165, 1.54) is 11.3 Å². The molecule has 0 unspecified atom stereocenters. The molecule has 3 heterocycles. The molecular weight excluding hydrogens is 470 g/mol. The normalized spacial score (nSPS) is 35.3. The maximum Gasteiger partial charge on any atom is 0.309 e. The third-order valence-corrected chi connectivity index (χ3v) is 8.25. The van der Waals surface area contributed by atoms with E-state index in [-0.39, 0.29) is 36.9 Å². The zero-order chi connectivity index (χ0) is 25.9. The first kappa shape index (κ1) is 27.9. The Morgan fingerprint density at radius 3 is 2.57 bits per heavy atom. The second-order valence-electron chi connectivity index (χ2n) is 10.6. The number of thiazole rings is 1. The van der Waals surface area contributed by atoms with Crippen LogP contribution in [0.5, 0.6) is 0 Å². The Hall–Kier alpha value is -1.65. The van der Waals surface area contributed by atoms with Gasteiger partial charge in [0.05, 0.1) is 53.6 Å². The van der Waals surface area contributed by atoms with E-state index in [0.717, 1.165) is 24.3 Å². The van der Waals surface area contributed by atoms with Crippen LogP contribution in [0, 0.1) is 24.2 Å². The molecule has 2 aliphatic heterocycles. The minimum Gasteiger partial charge on any atom is -0.458 e. The maximum absolute atomic E-state index is 13.2. The van der Waals surface area contributed by atoms with Crippen molar-refractivity contribution in [2.75, 3.05) is 6.61 Å². The van der Waals surface area contributed by atoms with Crippen molar-refractivity contribution in [2.24, 2.45) is 17.3 Å². The van der Waals surface area contributed by atoms with Crippen LogP contribution in [0.3, 0.4) is 0 Å². The standard InChI is InChI=1S/C26H39NO7S/c1-14-7-6-8-19-21(33-19)10-20(17(12-28)9-18-13-35-16(3)27-18)34-23(30)11-22(29)26(4,5)25(32)15(2)24(14)31/h9,13-15,19-22,24,28-29,31H,6-8,10-12H2,1-5H3/b17-9-/t14-,15-,19-,20+,21+,22+,24-/m1/s1. The molecular formula is C26H39NO7S. The molecule has 3 N–H and O–H groups in total. The molecule has 196 valence electrons. The molecule has 2 fully saturated rings. The van der Waals surface area contributed by atoms with Gasteiger partial charge in [0, 0.05) is 17.7 Å². The van der Waals surface area contributed by atoms with E-state index in [4.69, 9.17) is 9.47 Å². The number of fused-ring (bicyclic) bond motifs is 1. The van der Waals surface area contributed by atoms with E-state index in [0.29, 0.717) is 17.7 Å². The van der Waals surface area contributed by atoms with Crippen LogP contribution < -0.4 is 0 Å². The summed E-state index contributed by atoms with van der Waals surface area (Å²) in [5.74, 6) is -1.72. The van der Waals surface area contributed by atoms with E-state index in [1.807, 2.05) is 19.2 Å². The van der Waals surface area contributed by atoms with Gasteiger partial charge in [0.15, 0.2) is 0 Å². The molecule has 9 heteroatoms. The van der Waals surface area contributed by atoms with Crippen LogP contribution in [-0.4, -0.2) is 69.2 Å². The highest BCUT2D eigenvalue weighted by Gasteiger charge is 2.44. The molecule has 7 atom stereocenters. The first-order chi connectivity index (χ1) is 16.4. The lowest BCUT2D eigenvalue weighted by Gasteiger charge is -2.34. The molecule has 1 aromatic heterocycles. The summed E-state index contributed by atoms with van der Waals surface area (Å²) in [6.07, 6.45) is 1.20. The number of epoxide rings is 1. The number of nitrogens with zero attached hydrogens (tertiary/aromatic N) is 1. The zero-order valence-corrected chi connectivity index (χ0v) is 22.1. The first-order valence-corrected chi connectivity index (χ1v) is 13.3. The fourth-order valence-corrected chi connectivity index (χ4v) is 5.40. The number of ether oxygens (including phenoxy) is 2. The number of carbonyl (C=O) groups is 2. The van der Waals surface area contributed by atoms with Gasteiger partial charge in [0.1, 0.15) is 11.9 Å². The fourth-order valence-electron chi connectivity index (χ4n) is 4.83. The Morgan fingerprint density at radius 1 is 1.23 bits per heavy atom. The molecule has 0 radical (unpaired) electrons. The molecule has 8 nitrogen and oxygen atoms in total. The van der Waals surface area contributed by atoms with Gasteiger partial charge in [0.25, 0.3) is 0 Å². The third-order valence-electron chi connectivity index (χ3n) is 7.46. The second-order valence-corrected chi connectivity index (χ2v) is 11.7. The molecule has 0 saturated carbocycles. The number of aliphatic hydroxyl groups excluding tert-OH is 3. The van der Waals surface area contributed by atoms with E-state index >= 15 is 0 Å². The van der Waals surface area contributed by atoms with E-state index in [9.17, 15) is 24.9 Å². The molecule has 1 aromatic rings. The summed E-state index contributed by atoms with van der Waals surface area (Å²) in [6, 6.07) is 0. The van der Waals surface area contributed by atoms with Gasteiger partial charge in [-0.1, -0.05) is 34.1 Å². The first-order valence-electron chi connectivity index (χ1n) is 12.4. The number of aliphatic hydroxyl groups is 3. The predicted molar refractivity (Wildman–Crippen MR) is 133 cm³/mol. The summed E-state index contributed by atoms with van der Waals surface area (Å²) >= 11 is 1.49. The summed E-state index contributed by atoms with van der Waals surface area (Å²) in [4.78, 5) is 30.5. The lowest BCUT2D eigenvalue weighted by molar-refractivity contribution is -0.154. The SMILES string of the molecule is Cc1nc(/C=C(/CO)[C@@H]2C[C@@H]3O[C@@H]3CCC[C@@H](C)[C@@H](O)[C@@H](C)C(=O)C(C)(C)[C@@H](O)CC(=O)O2)cs1. The Bertz CT molecular complexity index is 927. The number of Topliss-reactive ketones (excluding diaryl/α,β-unsaturated/α-hetero) is 1. The Morgan fingerprint density at radius 2 is 1.94 bits per heavy atom. The number of aryl methyl sites for hydroxylation is 1. The van der Waals surface area contributed by atoms with Crippen molar-refractivity contribution in [3.05, 3.63) is 21.7 Å². The number of carbonyl (C=O) groups excluding carboxylic acids is 2.